The number of allylic oxidation sites excluding steroid dienone is 26. The van der Waals surface area contributed by atoms with Gasteiger partial charge in [-0.3, -0.25) is 37.3 Å². The van der Waals surface area contributed by atoms with Crippen LogP contribution in [-0.4, -0.2) is 96.7 Å². The van der Waals surface area contributed by atoms with E-state index in [2.05, 4.69) is 174 Å². The minimum absolute atomic E-state index is 0.0551. The zero-order valence-electron chi connectivity index (χ0n) is 64.6. The van der Waals surface area contributed by atoms with Gasteiger partial charge in [-0.15, -0.1) is 0 Å². The van der Waals surface area contributed by atoms with Crippen molar-refractivity contribution in [3.63, 3.8) is 0 Å². The first-order valence-corrected chi connectivity index (χ1v) is 42.7. The number of unbranched alkanes of at least 4 members (excludes halogenated alkanes) is 21. The molecule has 0 heterocycles. The fourth-order valence-electron chi connectivity index (χ4n) is 10.1. The zero-order valence-corrected chi connectivity index (χ0v) is 66.4. The Morgan fingerprint density at radius 2 is 0.510 bits per heavy atom. The number of esters is 4. The lowest BCUT2D eigenvalue weighted by Gasteiger charge is -2.21. The Labute approximate surface area is 629 Å². The SMILES string of the molecule is CC/C=C\C/C=C\C/C=C\C/C=C\C/C=C\CCCC(=O)OCC(COP(=O)(O)OCC(O)COP(=O)(O)OCC(COC(=O)CCCCCC/C=C\C/C=C\C/C=C\C/C=C\CC)OC(=O)CCCCCC/C=C\C/C=C\C/C=C\C/C=C\CC)OC(=O)CCCCCCCCCCCCCCC. The summed E-state index contributed by atoms with van der Waals surface area (Å²) in [5.41, 5.74) is 0. The smallest absolute Gasteiger partial charge is 0.462 e. The standard InChI is InChI=1S/C85H140O17P2/c1-5-9-13-17-21-25-29-33-36-39-42-46-49-53-57-61-65-69-82(87)95-75-80(101-84(89)71-67-63-59-55-51-45-32-28-24-20-16-12-8-4)77-99-103(91,92)97-73-79(86)74-98-104(93,94)100-78-81(102-85(90)72-68-64-60-56-52-48-44-41-38-35-31-27-23-19-15-11-7-3)76-96-83(88)70-66-62-58-54-50-47-43-40-37-34-30-26-22-18-14-10-6-2/h9-11,13-15,21-23,25-27,33-38,42-44,46-48,53,57,79-81,86H,5-8,12,16-20,24,28-32,39-41,45,49-52,54-56,58-78H2,1-4H3,(H,91,92)(H,93,94)/b13-9-,14-10-,15-11-,25-21-,26-22-,27-23-,36-33-,37-34-,38-35-,46-42-,47-43-,48-44-,57-53-. The molecule has 0 aliphatic heterocycles. The van der Waals surface area contributed by atoms with E-state index in [1.165, 1.54) is 51.4 Å². The number of phosphoric acid groups is 2. The van der Waals surface area contributed by atoms with E-state index >= 15 is 0 Å². The molecule has 104 heavy (non-hydrogen) atoms. The molecule has 0 aliphatic rings. The van der Waals surface area contributed by atoms with Crippen LogP contribution in [0.3, 0.4) is 0 Å². The quantitative estimate of drug-likeness (QED) is 0.0169. The van der Waals surface area contributed by atoms with E-state index < -0.39 is 97.5 Å². The lowest BCUT2D eigenvalue weighted by molar-refractivity contribution is -0.161. The van der Waals surface area contributed by atoms with Crippen molar-refractivity contribution in [3.8, 4) is 0 Å². The van der Waals surface area contributed by atoms with Gasteiger partial charge in [0.15, 0.2) is 12.2 Å². The maximum absolute atomic E-state index is 13.1. The summed E-state index contributed by atoms with van der Waals surface area (Å²) in [5, 5.41) is 10.6. The Morgan fingerprint density at radius 1 is 0.279 bits per heavy atom. The maximum atomic E-state index is 13.1. The normalized spacial score (nSPS) is 14.7. The Morgan fingerprint density at radius 3 is 0.808 bits per heavy atom. The predicted octanol–water partition coefficient (Wildman–Crippen LogP) is 23.2. The molecule has 3 N–H and O–H groups in total. The van der Waals surface area contributed by atoms with Crippen molar-refractivity contribution in [1.29, 1.82) is 0 Å². The van der Waals surface area contributed by atoms with E-state index in [1.807, 2.05) is 12.2 Å². The van der Waals surface area contributed by atoms with Crippen molar-refractivity contribution in [2.75, 3.05) is 39.6 Å². The van der Waals surface area contributed by atoms with Gasteiger partial charge in [-0.25, -0.2) is 9.13 Å². The van der Waals surface area contributed by atoms with Crippen molar-refractivity contribution < 1.29 is 80.2 Å². The van der Waals surface area contributed by atoms with Gasteiger partial charge in [0, 0.05) is 25.7 Å². The van der Waals surface area contributed by atoms with E-state index in [4.69, 9.17) is 37.0 Å². The molecule has 0 saturated heterocycles. The molecular formula is C85H140O17P2. The van der Waals surface area contributed by atoms with Gasteiger partial charge >= 0.3 is 39.5 Å². The van der Waals surface area contributed by atoms with Crippen LogP contribution >= 0.6 is 15.6 Å². The second kappa shape index (κ2) is 75.9. The first-order valence-electron chi connectivity index (χ1n) is 39.7. The van der Waals surface area contributed by atoms with Crippen LogP contribution in [0.2, 0.25) is 0 Å². The first-order chi connectivity index (χ1) is 50.7. The molecule has 0 radical (unpaired) electrons. The molecule has 0 amide bonds. The van der Waals surface area contributed by atoms with E-state index in [0.29, 0.717) is 32.1 Å². The largest absolute Gasteiger partial charge is 0.472 e. The highest BCUT2D eigenvalue weighted by atomic mass is 31.2. The second-order valence-electron chi connectivity index (χ2n) is 25.9. The van der Waals surface area contributed by atoms with Crippen LogP contribution in [0.1, 0.15) is 297 Å². The molecule has 0 spiro atoms. The lowest BCUT2D eigenvalue weighted by Crippen LogP contribution is -2.30. The Hall–Kier alpha value is -5.32. The number of aliphatic hydroxyl groups is 1. The number of hydrogen-bond acceptors (Lipinski definition) is 15. The molecule has 0 saturated carbocycles. The average molecular weight is 1500 g/mol. The summed E-state index contributed by atoms with van der Waals surface area (Å²) in [4.78, 5) is 73.0. The maximum Gasteiger partial charge on any atom is 0.472 e. The molecular weight excluding hydrogens is 1350 g/mol. The summed E-state index contributed by atoms with van der Waals surface area (Å²) in [6, 6.07) is 0. The van der Waals surface area contributed by atoms with E-state index in [1.54, 1.807) is 0 Å². The molecule has 0 aliphatic carbocycles. The number of hydrogen-bond donors (Lipinski definition) is 3. The van der Waals surface area contributed by atoms with Gasteiger partial charge in [-0.2, -0.15) is 0 Å². The number of carbonyl (C=O) groups excluding carboxylic acids is 4. The highest BCUT2D eigenvalue weighted by molar-refractivity contribution is 7.47. The third-order valence-electron chi connectivity index (χ3n) is 16.0. The van der Waals surface area contributed by atoms with Gasteiger partial charge in [0.2, 0.25) is 0 Å². The zero-order chi connectivity index (χ0) is 76.0. The molecule has 0 bridgehead atoms. The Balaban J connectivity index is 5.46. The summed E-state index contributed by atoms with van der Waals surface area (Å²) in [6.45, 7) is 4.41. The van der Waals surface area contributed by atoms with Crippen LogP contribution in [0, 0.1) is 0 Å². The molecule has 0 fully saturated rings. The van der Waals surface area contributed by atoms with Crippen molar-refractivity contribution in [3.05, 3.63) is 158 Å². The van der Waals surface area contributed by atoms with E-state index in [-0.39, 0.29) is 25.7 Å². The first kappa shape index (κ1) is 98.7. The summed E-state index contributed by atoms with van der Waals surface area (Å²) in [7, 11) is -10.00. The number of aliphatic hydroxyl groups excluding tert-OH is 1. The van der Waals surface area contributed by atoms with E-state index in [0.717, 1.165) is 161 Å². The molecule has 5 unspecified atom stereocenters. The van der Waals surface area contributed by atoms with E-state index in [9.17, 15) is 43.2 Å². The predicted molar refractivity (Wildman–Crippen MR) is 427 cm³/mol. The topological polar surface area (TPSA) is 237 Å². The molecule has 0 aromatic rings. The van der Waals surface area contributed by atoms with Crippen LogP contribution in [0.25, 0.3) is 0 Å². The summed E-state index contributed by atoms with van der Waals surface area (Å²) in [6.07, 6.45) is 88.0. The van der Waals surface area contributed by atoms with Crippen molar-refractivity contribution in [1.82, 2.24) is 0 Å². The Kier molecular flexibility index (Phi) is 72.0. The van der Waals surface area contributed by atoms with Crippen molar-refractivity contribution in [2.24, 2.45) is 0 Å². The Bertz CT molecular complexity index is 2590. The second-order valence-corrected chi connectivity index (χ2v) is 28.8. The fourth-order valence-corrected chi connectivity index (χ4v) is 11.6. The summed E-state index contributed by atoms with van der Waals surface area (Å²) >= 11 is 0. The van der Waals surface area contributed by atoms with Crippen LogP contribution in [0.5, 0.6) is 0 Å². The van der Waals surface area contributed by atoms with Gasteiger partial charge in [-0.1, -0.05) is 288 Å². The van der Waals surface area contributed by atoms with Gasteiger partial charge in [0.1, 0.15) is 19.3 Å². The van der Waals surface area contributed by atoms with Crippen molar-refractivity contribution in [2.45, 2.75) is 316 Å². The number of rotatable bonds is 73. The van der Waals surface area contributed by atoms with Crippen LogP contribution in [0.15, 0.2) is 158 Å². The third kappa shape index (κ3) is 74.9. The molecule has 0 aromatic heterocycles. The molecule has 17 nitrogen and oxygen atoms in total. The molecule has 592 valence electrons. The van der Waals surface area contributed by atoms with Gasteiger partial charge in [0.25, 0.3) is 0 Å². The number of carbonyl (C=O) groups is 4. The monoisotopic (exact) mass is 1490 g/mol. The number of phosphoric ester groups is 2. The highest BCUT2D eigenvalue weighted by Gasteiger charge is 2.30. The van der Waals surface area contributed by atoms with Gasteiger partial charge in [0.05, 0.1) is 26.4 Å². The molecule has 5 atom stereocenters. The van der Waals surface area contributed by atoms with Crippen LogP contribution in [-0.2, 0) is 65.4 Å². The third-order valence-corrected chi connectivity index (χ3v) is 17.9. The van der Waals surface area contributed by atoms with Gasteiger partial charge < -0.3 is 33.8 Å². The summed E-state index contributed by atoms with van der Waals surface area (Å²) in [5.74, 6) is -2.30. The van der Waals surface area contributed by atoms with Crippen LogP contribution in [0.4, 0.5) is 0 Å². The minimum atomic E-state index is -5.00. The molecule has 0 rings (SSSR count). The molecule has 0 aromatic carbocycles. The fraction of sp³-hybridized carbons (Fsp3) is 0.647. The van der Waals surface area contributed by atoms with Crippen LogP contribution < -0.4 is 0 Å². The highest BCUT2D eigenvalue weighted by Crippen LogP contribution is 2.45. The molecule has 19 heteroatoms. The average Bonchev–Trinajstić information content (AvgIpc) is 0.910. The minimum Gasteiger partial charge on any atom is -0.462 e. The lowest BCUT2D eigenvalue weighted by atomic mass is 10.0. The van der Waals surface area contributed by atoms with Crippen molar-refractivity contribution >= 4 is 39.5 Å². The number of ether oxygens (including phenoxy) is 4. The summed E-state index contributed by atoms with van der Waals surface area (Å²) < 4.78 is 68.5. The van der Waals surface area contributed by atoms with Gasteiger partial charge in [-0.05, 0) is 141 Å².